The Morgan fingerprint density at radius 1 is 0.618 bits per heavy atom. The Morgan fingerprint density at radius 3 is 2.13 bits per heavy atom. The first kappa shape index (κ1) is 33.4. The summed E-state index contributed by atoms with van der Waals surface area (Å²) in [5, 5.41) is 1.28. The van der Waals surface area contributed by atoms with Crippen LogP contribution in [0.4, 0.5) is 17.1 Å². The van der Waals surface area contributed by atoms with Gasteiger partial charge in [-0.1, -0.05) is 161 Å². The smallest absolute Gasteiger partial charge is 0.0779 e. The standard InChI is InChI=1S/C53H46N2/c1-36-17-15-22-44-45-23-16-26-49(54(38-18-7-5-8-19-38)40-31-32-43-42-21-10-11-24-46(42)52(2,3)48(43)35-40)51(45)55(50(36)44)39-29-27-37(28-30-39)41-20-9-12-25-47(41)53(4)33-13-6-14-34-53/h5-16,18-33,35-36H,17,34H2,1-4H3. The molecule has 268 valence electrons. The van der Waals surface area contributed by atoms with E-state index in [1.807, 2.05) is 0 Å². The van der Waals surface area contributed by atoms with Gasteiger partial charge in [0.15, 0.2) is 0 Å². The zero-order valence-corrected chi connectivity index (χ0v) is 32.1. The molecule has 2 heteroatoms. The second-order valence-electron chi connectivity index (χ2n) is 16.4. The van der Waals surface area contributed by atoms with E-state index in [0.717, 1.165) is 18.5 Å². The number of anilines is 3. The van der Waals surface area contributed by atoms with Gasteiger partial charge < -0.3 is 9.47 Å². The zero-order valence-electron chi connectivity index (χ0n) is 32.1. The molecule has 2 unspecified atom stereocenters. The fraction of sp³-hybridized carbons (Fsp3) is 0.170. The van der Waals surface area contributed by atoms with E-state index in [9.17, 15) is 0 Å². The molecule has 0 spiro atoms. The fourth-order valence-electron chi connectivity index (χ4n) is 9.76. The van der Waals surface area contributed by atoms with Crippen LogP contribution in [-0.4, -0.2) is 4.57 Å². The van der Waals surface area contributed by atoms with Crippen molar-refractivity contribution >= 4 is 34.0 Å². The van der Waals surface area contributed by atoms with Gasteiger partial charge in [0, 0.05) is 50.5 Å². The van der Waals surface area contributed by atoms with E-state index in [4.69, 9.17) is 0 Å². The van der Waals surface area contributed by atoms with Crippen LogP contribution in [0.15, 0.2) is 170 Å². The van der Waals surface area contributed by atoms with Gasteiger partial charge in [0.1, 0.15) is 0 Å². The molecule has 0 saturated heterocycles. The lowest BCUT2D eigenvalue weighted by molar-refractivity contribution is 0.601. The molecule has 0 fully saturated rings. The average molecular weight is 711 g/mol. The highest BCUT2D eigenvalue weighted by Gasteiger charge is 2.36. The molecule has 0 radical (unpaired) electrons. The molecule has 3 aliphatic rings. The van der Waals surface area contributed by atoms with Crippen molar-refractivity contribution in [2.24, 2.45) is 0 Å². The van der Waals surface area contributed by atoms with Crippen molar-refractivity contribution in [3.63, 3.8) is 0 Å². The molecule has 0 saturated carbocycles. The van der Waals surface area contributed by atoms with Gasteiger partial charge in [0.2, 0.25) is 0 Å². The number of benzene rings is 6. The highest BCUT2D eigenvalue weighted by molar-refractivity contribution is 6.04. The molecule has 2 nitrogen and oxygen atoms in total. The lowest BCUT2D eigenvalue weighted by atomic mass is 9.74. The Morgan fingerprint density at radius 2 is 1.35 bits per heavy atom. The maximum absolute atomic E-state index is 2.57. The van der Waals surface area contributed by atoms with Crippen LogP contribution >= 0.6 is 0 Å². The highest BCUT2D eigenvalue weighted by atomic mass is 15.2. The Balaban J connectivity index is 1.17. The van der Waals surface area contributed by atoms with E-state index in [0.29, 0.717) is 5.92 Å². The predicted octanol–water partition coefficient (Wildman–Crippen LogP) is 14.4. The summed E-state index contributed by atoms with van der Waals surface area (Å²) in [7, 11) is 0. The van der Waals surface area contributed by atoms with E-state index in [-0.39, 0.29) is 10.8 Å². The van der Waals surface area contributed by atoms with Gasteiger partial charge in [-0.25, -0.2) is 0 Å². The van der Waals surface area contributed by atoms with Gasteiger partial charge in [0.05, 0.1) is 11.2 Å². The predicted molar refractivity (Wildman–Crippen MR) is 233 cm³/mol. The first-order valence-electron chi connectivity index (χ1n) is 19.8. The summed E-state index contributed by atoms with van der Waals surface area (Å²) in [6, 6.07) is 52.1. The number of rotatable bonds is 6. The number of allylic oxidation sites excluding steroid dienone is 5. The monoisotopic (exact) mass is 710 g/mol. The third-order valence-electron chi connectivity index (χ3n) is 12.6. The number of hydrogen-bond donors (Lipinski definition) is 0. The molecule has 0 aliphatic heterocycles. The van der Waals surface area contributed by atoms with E-state index < -0.39 is 0 Å². The lowest BCUT2D eigenvalue weighted by Crippen LogP contribution is -2.20. The Hall–Kier alpha value is -6.12. The van der Waals surface area contributed by atoms with Crippen LogP contribution in [-0.2, 0) is 10.8 Å². The number of hydrogen-bond acceptors (Lipinski definition) is 1. The van der Waals surface area contributed by atoms with Crippen LogP contribution in [0.3, 0.4) is 0 Å². The van der Waals surface area contributed by atoms with Gasteiger partial charge in [-0.2, -0.15) is 0 Å². The van der Waals surface area contributed by atoms with Crippen LogP contribution < -0.4 is 4.90 Å². The van der Waals surface area contributed by atoms with E-state index in [2.05, 4.69) is 213 Å². The van der Waals surface area contributed by atoms with Crippen molar-refractivity contribution in [2.45, 2.75) is 57.3 Å². The Labute approximate surface area is 325 Å². The van der Waals surface area contributed by atoms with Crippen molar-refractivity contribution in [2.75, 3.05) is 4.90 Å². The summed E-state index contributed by atoms with van der Waals surface area (Å²) in [5.74, 6) is 0.371. The van der Waals surface area contributed by atoms with Gasteiger partial charge in [0.25, 0.3) is 0 Å². The molecule has 1 heterocycles. The lowest BCUT2D eigenvalue weighted by Gasteiger charge is -2.30. The van der Waals surface area contributed by atoms with Crippen molar-refractivity contribution in [3.05, 3.63) is 198 Å². The molecule has 55 heavy (non-hydrogen) atoms. The minimum absolute atomic E-state index is 0.0349. The number of nitrogens with zero attached hydrogens (tertiary/aromatic N) is 2. The summed E-state index contributed by atoms with van der Waals surface area (Å²) in [6.45, 7) is 9.47. The quantitative estimate of drug-likeness (QED) is 0.167. The molecule has 2 atom stereocenters. The molecule has 0 bridgehead atoms. The molecule has 0 N–H and O–H groups in total. The second kappa shape index (κ2) is 12.7. The van der Waals surface area contributed by atoms with Gasteiger partial charge >= 0.3 is 0 Å². The third-order valence-corrected chi connectivity index (χ3v) is 12.6. The maximum Gasteiger partial charge on any atom is 0.0779 e. The summed E-state index contributed by atoms with van der Waals surface area (Å²) >= 11 is 0. The molecular weight excluding hydrogens is 665 g/mol. The Kier molecular flexibility index (Phi) is 7.75. The molecule has 0 amide bonds. The SMILES string of the molecule is CC1CC=Cc2c1n(-c1ccc(-c3ccccc3C3(C)C=CC=CC3)cc1)c1c(N(c3ccccc3)c3ccc4c(c3)C(C)(C)c3ccccc3-4)cccc21. The van der Waals surface area contributed by atoms with E-state index in [1.165, 1.54) is 78.2 Å². The Bertz CT molecular complexity index is 2700. The summed E-state index contributed by atoms with van der Waals surface area (Å²) in [5.41, 5.74) is 17.8. The first-order chi connectivity index (χ1) is 26.8. The normalized spacial score (nSPS) is 18.9. The molecule has 10 rings (SSSR count). The summed E-state index contributed by atoms with van der Waals surface area (Å²) in [4.78, 5) is 2.48. The molecular formula is C53H46N2. The van der Waals surface area contributed by atoms with Crippen LogP contribution in [0.2, 0.25) is 0 Å². The van der Waals surface area contributed by atoms with Crippen LogP contribution in [0.25, 0.3) is 44.9 Å². The highest BCUT2D eigenvalue weighted by Crippen LogP contribution is 2.52. The van der Waals surface area contributed by atoms with Crippen LogP contribution in [0.5, 0.6) is 0 Å². The van der Waals surface area contributed by atoms with Gasteiger partial charge in [-0.3, -0.25) is 0 Å². The van der Waals surface area contributed by atoms with Crippen molar-refractivity contribution in [3.8, 4) is 27.9 Å². The van der Waals surface area contributed by atoms with E-state index >= 15 is 0 Å². The number of fused-ring (bicyclic) bond motifs is 6. The molecule has 3 aliphatic carbocycles. The summed E-state index contributed by atoms with van der Waals surface area (Å²) < 4.78 is 2.57. The average Bonchev–Trinajstić information content (AvgIpc) is 3.69. The molecule has 7 aromatic rings. The van der Waals surface area contributed by atoms with Gasteiger partial charge in [-0.15, -0.1) is 0 Å². The van der Waals surface area contributed by atoms with Crippen LogP contribution in [0.1, 0.15) is 74.4 Å². The maximum atomic E-state index is 2.57. The van der Waals surface area contributed by atoms with Crippen molar-refractivity contribution in [1.82, 2.24) is 4.57 Å². The zero-order chi connectivity index (χ0) is 37.3. The van der Waals surface area contributed by atoms with Crippen LogP contribution in [0, 0.1) is 0 Å². The topological polar surface area (TPSA) is 8.17 Å². The molecule has 6 aromatic carbocycles. The number of para-hydroxylation sites is 2. The first-order valence-corrected chi connectivity index (χ1v) is 19.8. The number of aromatic nitrogens is 1. The third kappa shape index (κ3) is 5.23. The van der Waals surface area contributed by atoms with Gasteiger partial charge in [-0.05, 0) is 94.3 Å². The van der Waals surface area contributed by atoms with Crippen molar-refractivity contribution in [1.29, 1.82) is 0 Å². The fourth-order valence-corrected chi connectivity index (χ4v) is 9.76. The second-order valence-corrected chi connectivity index (χ2v) is 16.4. The van der Waals surface area contributed by atoms with E-state index in [1.54, 1.807) is 0 Å². The minimum Gasteiger partial charge on any atom is -0.311 e. The molecule has 1 aromatic heterocycles. The summed E-state index contributed by atoms with van der Waals surface area (Å²) in [6.07, 6.45) is 15.7. The largest absolute Gasteiger partial charge is 0.311 e. The minimum atomic E-state index is -0.0996. The van der Waals surface area contributed by atoms with Crippen molar-refractivity contribution < 1.29 is 0 Å².